The lowest BCUT2D eigenvalue weighted by molar-refractivity contribution is -0.135. The summed E-state index contributed by atoms with van der Waals surface area (Å²) in [5.74, 6) is -2.20. The number of aromatic hydroxyl groups is 1. The smallest absolute Gasteiger partial charge is 0.322 e. The van der Waals surface area contributed by atoms with Gasteiger partial charge in [-0.2, -0.15) is 0 Å². The number of amides is 1. The Labute approximate surface area is 153 Å². The van der Waals surface area contributed by atoms with Crippen LogP contribution in [0.5, 0.6) is 5.75 Å². The number of rotatable bonds is 5. The van der Waals surface area contributed by atoms with E-state index in [2.05, 4.69) is 15.3 Å². The number of carbonyl (C=O) groups excluding carboxylic acids is 1. The molecule has 1 aromatic carbocycles. The van der Waals surface area contributed by atoms with Crippen molar-refractivity contribution in [3.63, 3.8) is 0 Å². The normalized spacial score (nSPS) is 10.5. The van der Waals surface area contributed by atoms with E-state index in [1.54, 1.807) is 13.1 Å². The Morgan fingerprint density at radius 3 is 2.58 bits per heavy atom. The van der Waals surface area contributed by atoms with Crippen LogP contribution in [-0.2, 0) is 4.79 Å². The van der Waals surface area contributed by atoms with Gasteiger partial charge < -0.3 is 15.5 Å². The number of nitrogens with one attached hydrogen (secondary N) is 1. The highest BCUT2D eigenvalue weighted by molar-refractivity contribution is 7.18. The van der Waals surface area contributed by atoms with Crippen LogP contribution < -0.4 is 5.32 Å². The molecule has 3 aromatic rings. The SMILES string of the molecule is Cc1c(-c2cnc(-c3ccccc3)s2)cnc(C(=O)NCC(=O)O)c1O. The van der Waals surface area contributed by atoms with Gasteiger partial charge in [-0.15, -0.1) is 11.3 Å². The molecule has 0 fully saturated rings. The van der Waals surface area contributed by atoms with Crippen LogP contribution >= 0.6 is 11.3 Å². The molecule has 0 unspecified atom stereocenters. The summed E-state index contributed by atoms with van der Waals surface area (Å²) in [6.45, 7) is 1.12. The Hall–Kier alpha value is -3.26. The standard InChI is InChI=1S/C18H15N3O4S/c1-10-12(7-19-15(16(10)24)17(25)20-9-14(22)23)13-8-21-18(26-13)11-5-3-2-4-6-11/h2-8,24H,9H2,1H3,(H,20,25)(H,22,23). The number of aromatic nitrogens is 2. The van der Waals surface area contributed by atoms with Crippen molar-refractivity contribution in [3.8, 4) is 26.8 Å². The summed E-state index contributed by atoms with van der Waals surface area (Å²) in [6, 6.07) is 9.71. The van der Waals surface area contributed by atoms with Crippen LogP contribution in [-0.4, -0.2) is 38.6 Å². The second kappa shape index (κ2) is 7.32. The maximum absolute atomic E-state index is 12.0. The molecule has 2 aromatic heterocycles. The van der Waals surface area contributed by atoms with Crippen LogP contribution in [0.1, 0.15) is 16.1 Å². The topological polar surface area (TPSA) is 112 Å². The second-order valence-corrected chi connectivity index (χ2v) is 6.50. The Morgan fingerprint density at radius 2 is 1.88 bits per heavy atom. The fraction of sp³-hybridized carbons (Fsp3) is 0.111. The lowest BCUT2D eigenvalue weighted by Crippen LogP contribution is -2.30. The molecule has 0 aliphatic carbocycles. The van der Waals surface area contributed by atoms with E-state index in [-0.39, 0.29) is 11.4 Å². The lowest BCUT2D eigenvalue weighted by Gasteiger charge is -2.09. The molecule has 8 heteroatoms. The van der Waals surface area contributed by atoms with Gasteiger partial charge in [-0.05, 0) is 6.92 Å². The molecule has 3 rings (SSSR count). The molecule has 0 aliphatic heterocycles. The molecule has 0 atom stereocenters. The Kier molecular flexibility index (Phi) is 4.94. The minimum atomic E-state index is -1.18. The van der Waals surface area contributed by atoms with Gasteiger partial charge in [0.2, 0.25) is 0 Å². The number of carboxylic acids is 1. The van der Waals surface area contributed by atoms with Gasteiger partial charge >= 0.3 is 5.97 Å². The van der Waals surface area contributed by atoms with Gasteiger partial charge in [-0.1, -0.05) is 30.3 Å². The number of hydrogen-bond donors (Lipinski definition) is 3. The summed E-state index contributed by atoms with van der Waals surface area (Å²) in [6.07, 6.45) is 3.17. The highest BCUT2D eigenvalue weighted by Gasteiger charge is 2.19. The fourth-order valence-electron chi connectivity index (χ4n) is 2.36. The first-order valence-electron chi connectivity index (χ1n) is 7.67. The molecule has 0 aliphatic rings. The van der Waals surface area contributed by atoms with Crippen LogP contribution in [0.4, 0.5) is 0 Å². The summed E-state index contributed by atoms with van der Waals surface area (Å²) in [5.41, 5.74) is 1.92. The van der Waals surface area contributed by atoms with Crippen molar-refractivity contribution in [3.05, 3.63) is 54.0 Å². The van der Waals surface area contributed by atoms with Crippen LogP contribution in [0.3, 0.4) is 0 Å². The van der Waals surface area contributed by atoms with Crippen molar-refractivity contribution >= 4 is 23.2 Å². The second-order valence-electron chi connectivity index (χ2n) is 5.47. The highest BCUT2D eigenvalue weighted by Crippen LogP contribution is 2.36. The third-order valence-electron chi connectivity index (χ3n) is 3.71. The number of hydrogen-bond acceptors (Lipinski definition) is 6. The van der Waals surface area contributed by atoms with Crippen LogP contribution in [0, 0.1) is 6.92 Å². The van der Waals surface area contributed by atoms with Gasteiger partial charge in [0.05, 0.1) is 4.88 Å². The van der Waals surface area contributed by atoms with E-state index in [9.17, 15) is 14.7 Å². The van der Waals surface area contributed by atoms with E-state index in [4.69, 9.17) is 5.11 Å². The average molecular weight is 369 g/mol. The molecule has 0 saturated heterocycles. The number of pyridine rings is 1. The molecule has 7 nitrogen and oxygen atoms in total. The van der Waals surface area contributed by atoms with Crippen molar-refractivity contribution in [2.75, 3.05) is 6.54 Å². The average Bonchev–Trinajstić information content (AvgIpc) is 3.12. The zero-order chi connectivity index (χ0) is 18.7. The van der Waals surface area contributed by atoms with Crippen LogP contribution in [0.2, 0.25) is 0 Å². The van der Waals surface area contributed by atoms with E-state index in [0.717, 1.165) is 15.4 Å². The number of thiazole rings is 1. The molecule has 2 heterocycles. The largest absolute Gasteiger partial charge is 0.505 e. The number of benzene rings is 1. The summed E-state index contributed by atoms with van der Waals surface area (Å²) in [7, 11) is 0. The molecule has 26 heavy (non-hydrogen) atoms. The van der Waals surface area contributed by atoms with Gasteiger partial charge in [-0.25, -0.2) is 9.97 Å². The number of nitrogens with zero attached hydrogens (tertiary/aromatic N) is 2. The molecule has 3 N–H and O–H groups in total. The molecule has 0 radical (unpaired) electrons. The quantitative estimate of drug-likeness (QED) is 0.637. The van der Waals surface area contributed by atoms with Crippen molar-refractivity contribution < 1.29 is 19.8 Å². The van der Waals surface area contributed by atoms with E-state index < -0.39 is 18.4 Å². The van der Waals surface area contributed by atoms with E-state index in [1.165, 1.54) is 17.5 Å². The number of carbonyl (C=O) groups is 2. The Morgan fingerprint density at radius 1 is 1.15 bits per heavy atom. The predicted molar refractivity (Wildman–Crippen MR) is 97.2 cm³/mol. The molecule has 0 bridgehead atoms. The van der Waals surface area contributed by atoms with Crippen LogP contribution in [0.15, 0.2) is 42.7 Å². The number of carboxylic acid groups (broad SMARTS) is 1. The summed E-state index contributed by atoms with van der Waals surface area (Å²) in [4.78, 5) is 31.7. The molecule has 1 amide bonds. The monoisotopic (exact) mass is 369 g/mol. The zero-order valence-corrected chi connectivity index (χ0v) is 14.6. The Bertz CT molecular complexity index is 970. The third-order valence-corrected chi connectivity index (χ3v) is 4.79. The summed E-state index contributed by atoms with van der Waals surface area (Å²) < 4.78 is 0. The van der Waals surface area contributed by atoms with E-state index in [1.807, 2.05) is 30.3 Å². The predicted octanol–water partition coefficient (Wildman–Crippen LogP) is 2.70. The maximum Gasteiger partial charge on any atom is 0.322 e. The fourth-order valence-corrected chi connectivity index (χ4v) is 3.35. The van der Waals surface area contributed by atoms with Crippen molar-refractivity contribution in [1.82, 2.24) is 15.3 Å². The minimum Gasteiger partial charge on any atom is -0.505 e. The van der Waals surface area contributed by atoms with Crippen molar-refractivity contribution in [2.24, 2.45) is 0 Å². The third kappa shape index (κ3) is 3.55. The van der Waals surface area contributed by atoms with Gasteiger partial charge in [0.1, 0.15) is 17.3 Å². The molecular weight excluding hydrogens is 354 g/mol. The van der Waals surface area contributed by atoms with Gasteiger partial charge in [0.25, 0.3) is 5.91 Å². The van der Waals surface area contributed by atoms with Gasteiger partial charge in [0.15, 0.2) is 5.69 Å². The lowest BCUT2D eigenvalue weighted by atomic mass is 10.1. The molecule has 0 saturated carbocycles. The van der Waals surface area contributed by atoms with E-state index in [0.29, 0.717) is 11.1 Å². The summed E-state index contributed by atoms with van der Waals surface area (Å²) >= 11 is 1.45. The molecule has 0 spiro atoms. The maximum atomic E-state index is 12.0. The van der Waals surface area contributed by atoms with E-state index >= 15 is 0 Å². The summed E-state index contributed by atoms with van der Waals surface area (Å²) in [5, 5.41) is 21.9. The van der Waals surface area contributed by atoms with Gasteiger partial charge in [0, 0.05) is 29.1 Å². The first-order chi connectivity index (χ1) is 12.5. The highest BCUT2D eigenvalue weighted by atomic mass is 32.1. The number of aliphatic carboxylic acids is 1. The zero-order valence-electron chi connectivity index (χ0n) is 13.8. The molecule has 132 valence electrons. The minimum absolute atomic E-state index is 0.208. The first kappa shape index (κ1) is 17.6. The van der Waals surface area contributed by atoms with Crippen molar-refractivity contribution in [1.29, 1.82) is 0 Å². The first-order valence-corrected chi connectivity index (χ1v) is 8.49. The van der Waals surface area contributed by atoms with Crippen molar-refractivity contribution in [2.45, 2.75) is 6.92 Å². The molecular formula is C18H15N3O4S. The van der Waals surface area contributed by atoms with Crippen LogP contribution in [0.25, 0.3) is 21.0 Å². The van der Waals surface area contributed by atoms with Gasteiger partial charge in [-0.3, -0.25) is 9.59 Å². The Balaban J connectivity index is 1.90.